The highest BCUT2D eigenvalue weighted by Gasteiger charge is 2.20. The largest absolute Gasteiger partial charge is 0.756 e. The van der Waals surface area contributed by atoms with Crippen LogP contribution in [0.2, 0.25) is 0 Å². The molecule has 2 N–H and O–H groups in total. The average molecular weight is 567 g/mol. The summed E-state index contributed by atoms with van der Waals surface area (Å²) in [6, 6.07) is 0. The number of phosphoric ester groups is 1. The van der Waals surface area contributed by atoms with E-state index >= 15 is 0 Å². The molecular formula is C27H53NO9P-. The third kappa shape index (κ3) is 22.4. The van der Waals surface area contributed by atoms with Gasteiger partial charge in [0.05, 0.1) is 19.8 Å². The van der Waals surface area contributed by atoms with Crippen molar-refractivity contribution < 1.29 is 64.4 Å². The molecule has 0 aromatic rings. The van der Waals surface area contributed by atoms with E-state index in [1.165, 1.54) is 0 Å². The predicted molar refractivity (Wildman–Crippen MR) is 167 cm³/mol. The van der Waals surface area contributed by atoms with Gasteiger partial charge >= 0.3 is 5.97 Å². The van der Waals surface area contributed by atoms with Crippen LogP contribution in [-0.4, -0.2) is 80.5 Å². The maximum atomic E-state index is 11.8. The van der Waals surface area contributed by atoms with Crippen molar-refractivity contribution in [3.63, 3.8) is 0 Å². The van der Waals surface area contributed by atoms with E-state index in [0.29, 0.717) is 6.54 Å². The summed E-state index contributed by atoms with van der Waals surface area (Å²) in [7, 11) is -1.23. The van der Waals surface area contributed by atoms with Crippen molar-refractivity contribution in [2.45, 2.75) is 19.3 Å². The van der Waals surface area contributed by atoms with Gasteiger partial charge in [0.2, 0.25) is 0 Å². The SMILES string of the molecule is CC#CC#CC#CC#CC#CC#CC#CC#CC(=O)OCC(COP(=O)([O-])OCCN(C)C)OC(O)CO.[HH].[HH].[HH].[HH].[HH].[HH].[HH].[HH].[HH].[HH].[HH].[HH].[HH].[HH].[HH]. The second-order valence-corrected chi connectivity index (χ2v) is 7.91. The molecule has 0 aliphatic heterocycles. The molecule has 11 heteroatoms. The third-order valence-corrected chi connectivity index (χ3v) is 4.18. The number of rotatable bonds is 12. The number of aliphatic hydroxyl groups is 2. The molecule has 3 atom stereocenters. The molecule has 0 radical (unpaired) electrons. The molecule has 0 aliphatic rings. The molecule has 0 fully saturated rings. The molecule has 38 heavy (non-hydrogen) atoms. The summed E-state index contributed by atoms with van der Waals surface area (Å²) in [5, 5.41) is 18.3. The number of aliphatic hydroxyl groups excluding tert-OH is 2. The molecule has 0 heterocycles. The molecule has 3 unspecified atom stereocenters. The fourth-order valence-corrected chi connectivity index (χ4v) is 2.39. The molecule has 0 amide bonds. The van der Waals surface area contributed by atoms with E-state index in [1.807, 2.05) is 0 Å². The molecule has 0 aromatic heterocycles. The van der Waals surface area contributed by atoms with Crippen LogP contribution in [0.4, 0.5) is 0 Å². The smallest absolute Gasteiger partial charge is 0.385 e. The van der Waals surface area contributed by atoms with Crippen LogP contribution < -0.4 is 4.89 Å². The first-order valence-corrected chi connectivity index (χ1v) is 11.9. The summed E-state index contributed by atoms with van der Waals surface area (Å²) >= 11 is 0. The second kappa shape index (κ2) is 22.1. The molecule has 0 saturated heterocycles. The Morgan fingerprint density at radius 2 is 1.39 bits per heavy atom. The third-order valence-electron chi connectivity index (χ3n) is 3.21. The first-order chi connectivity index (χ1) is 18.2. The van der Waals surface area contributed by atoms with E-state index < -0.39 is 46.0 Å². The van der Waals surface area contributed by atoms with Crippen LogP contribution in [-0.2, 0) is 27.9 Å². The first-order valence-electron chi connectivity index (χ1n) is 10.5. The topological polar surface area (TPSA) is 138 Å². The lowest BCUT2D eigenvalue weighted by Crippen LogP contribution is -2.33. The Morgan fingerprint density at radius 3 is 1.87 bits per heavy atom. The minimum Gasteiger partial charge on any atom is -0.756 e. The average Bonchev–Trinajstić information content (AvgIpc) is 2.87. The molecule has 0 saturated carbocycles. The number of hydrogen-bond acceptors (Lipinski definition) is 10. The van der Waals surface area contributed by atoms with Crippen LogP contribution in [0.5, 0.6) is 0 Å². The van der Waals surface area contributed by atoms with Gasteiger partial charge < -0.3 is 38.5 Å². The van der Waals surface area contributed by atoms with Gasteiger partial charge in [0.1, 0.15) is 12.7 Å². The Labute approximate surface area is 245 Å². The molecule has 0 rings (SSSR count). The number of likely N-dealkylation sites (N-methyl/N-ethyl adjacent to an activating group) is 1. The summed E-state index contributed by atoms with van der Waals surface area (Å²) < 4.78 is 30.9. The minimum atomic E-state index is -4.68. The van der Waals surface area contributed by atoms with Gasteiger partial charge in [-0.15, -0.1) is 0 Å². The van der Waals surface area contributed by atoms with E-state index in [9.17, 15) is 19.4 Å². The molecule has 226 valence electrons. The summed E-state index contributed by atoms with van der Waals surface area (Å²) in [4.78, 5) is 25.2. The van der Waals surface area contributed by atoms with Crippen LogP contribution in [0.25, 0.3) is 0 Å². The standard InChI is InChI=1S/C27H24NO9P.15H2/c1-4-5-6-7-8-9-10-11-12-13-14-15-16-17-18-19-26(30)34-23-25(37-27(31)22-29)24-36-38(32,33)35-21-20-28(2)3;;;;;;;;;;;;;;;/h25,27,29,31H,20-24H2,1-3H3,(H,32,33);15*1H/p-1. The highest BCUT2D eigenvalue weighted by atomic mass is 31.2. The summed E-state index contributed by atoms with van der Waals surface area (Å²) in [6.45, 7) is -0.144. The second-order valence-electron chi connectivity index (χ2n) is 6.50. The van der Waals surface area contributed by atoms with Gasteiger partial charge in [-0.25, -0.2) is 4.79 Å². The Bertz CT molecular complexity index is 1390. The van der Waals surface area contributed by atoms with Crippen LogP contribution >= 0.6 is 7.82 Å². The fraction of sp³-hybridized carbons (Fsp3) is 0.370. The highest BCUT2D eigenvalue weighted by molar-refractivity contribution is 7.45. The van der Waals surface area contributed by atoms with E-state index in [0.717, 1.165) is 0 Å². The van der Waals surface area contributed by atoms with Crippen LogP contribution in [0.15, 0.2) is 0 Å². The zero-order chi connectivity index (χ0) is 28.5. The Balaban J connectivity index is -0.0000000652. The zero-order valence-electron chi connectivity index (χ0n) is 20.8. The summed E-state index contributed by atoms with van der Waals surface area (Å²) in [5.41, 5.74) is 0. The van der Waals surface area contributed by atoms with Gasteiger partial charge in [-0.3, -0.25) is 4.57 Å². The lowest BCUT2D eigenvalue weighted by atomic mass is 10.4. The maximum absolute atomic E-state index is 11.8. The van der Waals surface area contributed by atoms with Gasteiger partial charge in [-0.2, -0.15) is 0 Å². The van der Waals surface area contributed by atoms with Crippen molar-refractivity contribution in [3.8, 4) is 94.7 Å². The van der Waals surface area contributed by atoms with Gasteiger partial charge in [0, 0.05) is 33.9 Å². The molecule has 0 aliphatic carbocycles. The molecule has 0 spiro atoms. The normalized spacial score (nSPS) is 11.6. The monoisotopic (exact) mass is 566 g/mol. The minimum absolute atomic E-state index is 0. The number of esters is 1. The number of phosphoric acid groups is 1. The fourth-order valence-electron chi connectivity index (χ4n) is 1.66. The summed E-state index contributed by atoms with van der Waals surface area (Å²) in [5.74, 6) is 37.4. The maximum Gasteiger partial charge on any atom is 0.385 e. The zero-order valence-corrected chi connectivity index (χ0v) is 21.7. The van der Waals surface area contributed by atoms with Gasteiger partial charge in [-0.1, -0.05) is 5.92 Å². The van der Waals surface area contributed by atoms with Crippen molar-refractivity contribution in [1.82, 2.24) is 4.90 Å². The quantitative estimate of drug-likeness (QED) is 0.119. The predicted octanol–water partition coefficient (Wildman–Crippen LogP) is 2.03. The Hall–Kier alpha value is -4.10. The van der Waals surface area contributed by atoms with Gasteiger partial charge in [0.25, 0.3) is 7.82 Å². The van der Waals surface area contributed by atoms with Crippen molar-refractivity contribution in [2.24, 2.45) is 0 Å². The lowest BCUT2D eigenvalue weighted by molar-refractivity contribution is -0.233. The Morgan fingerprint density at radius 1 is 0.895 bits per heavy atom. The Kier molecular flexibility index (Phi) is 19.7. The molecular weight excluding hydrogens is 513 g/mol. The van der Waals surface area contributed by atoms with Crippen molar-refractivity contribution in [2.75, 3.05) is 47.1 Å². The van der Waals surface area contributed by atoms with Crippen molar-refractivity contribution in [1.29, 1.82) is 0 Å². The van der Waals surface area contributed by atoms with Crippen LogP contribution in [0.3, 0.4) is 0 Å². The van der Waals surface area contributed by atoms with Crippen molar-refractivity contribution in [3.05, 3.63) is 0 Å². The molecule has 10 nitrogen and oxygen atoms in total. The highest BCUT2D eigenvalue weighted by Crippen LogP contribution is 2.38. The first kappa shape index (κ1) is 33.9. The van der Waals surface area contributed by atoms with Crippen molar-refractivity contribution >= 4 is 13.8 Å². The molecule has 0 bridgehead atoms. The number of ether oxygens (including phenoxy) is 2. The van der Waals surface area contributed by atoms with E-state index in [4.69, 9.17) is 14.6 Å². The van der Waals surface area contributed by atoms with Crippen LogP contribution in [0.1, 0.15) is 28.3 Å². The number of carbonyl (C=O) groups is 1. The summed E-state index contributed by atoms with van der Waals surface area (Å²) in [6.07, 6.45) is -2.92. The number of nitrogens with zero attached hydrogens (tertiary/aromatic N) is 1. The van der Waals surface area contributed by atoms with Gasteiger partial charge in [0.15, 0.2) is 6.29 Å². The molecule has 0 aromatic carbocycles. The van der Waals surface area contributed by atoms with Gasteiger partial charge in [-0.05, 0) is 104 Å². The number of carbonyl (C=O) groups excluding carboxylic acids is 1. The van der Waals surface area contributed by atoms with Crippen LogP contribution in [0, 0.1) is 94.7 Å². The van der Waals surface area contributed by atoms with E-state index in [1.54, 1.807) is 25.9 Å². The lowest BCUT2D eigenvalue weighted by Gasteiger charge is -2.26. The van der Waals surface area contributed by atoms with E-state index in [2.05, 4.69) is 104 Å². The van der Waals surface area contributed by atoms with E-state index in [-0.39, 0.29) is 28.0 Å². The number of hydrogen-bond donors (Lipinski definition) is 2.